The monoisotopic (exact) mass is 195 g/mol. The quantitative estimate of drug-likeness (QED) is 0.798. The van der Waals surface area contributed by atoms with Crippen molar-refractivity contribution in [3.63, 3.8) is 0 Å². The number of nitrogens with zero attached hydrogens (tertiary/aromatic N) is 1. The van der Waals surface area contributed by atoms with E-state index in [1.165, 1.54) is 6.20 Å². The Morgan fingerprint density at radius 2 is 2.36 bits per heavy atom. The number of carboxylic acids is 1. The minimum atomic E-state index is -0.875. The Kier molecular flexibility index (Phi) is 1.98. The Morgan fingerprint density at radius 3 is 2.86 bits per heavy atom. The van der Waals surface area contributed by atoms with Gasteiger partial charge in [0.25, 0.3) is 0 Å². The van der Waals surface area contributed by atoms with Gasteiger partial charge in [0.2, 0.25) is 0 Å². The molecule has 1 aliphatic rings. The van der Waals surface area contributed by atoms with E-state index in [-0.39, 0.29) is 5.69 Å². The van der Waals surface area contributed by atoms with Gasteiger partial charge in [-0.3, -0.25) is 9.78 Å². The second-order valence-electron chi connectivity index (χ2n) is 3.52. The minimum Gasteiger partial charge on any atom is -0.481 e. The Bertz CT molecular complexity index is 374. The van der Waals surface area contributed by atoms with E-state index in [1.54, 1.807) is 12.1 Å². The number of hydrogen-bond acceptors (Lipinski definition) is 2. The maximum atomic E-state index is 12.6. The van der Waals surface area contributed by atoms with Crippen LogP contribution < -0.4 is 0 Å². The maximum Gasteiger partial charge on any atom is 0.314 e. The second-order valence-corrected chi connectivity index (χ2v) is 3.52. The number of pyridine rings is 1. The summed E-state index contributed by atoms with van der Waals surface area (Å²) in [6.07, 6.45) is 2.65. The fourth-order valence-electron chi connectivity index (χ4n) is 1.70. The average Bonchev–Trinajstić information content (AvgIpc) is 2.98. The van der Waals surface area contributed by atoms with Crippen LogP contribution in [0, 0.1) is 0 Å². The number of hydrogen-bond donors (Lipinski definition) is 1. The molecule has 0 aliphatic heterocycles. The van der Waals surface area contributed by atoms with Crippen molar-refractivity contribution in [1.29, 1.82) is 0 Å². The molecule has 4 heteroatoms. The number of aliphatic carboxylic acids is 1. The Hall–Kier alpha value is -1.45. The maximum absolute atomic E-state index is 12.6. The van der Waals surface area contributed by atoms with Crippen molar-refractivity contribution in [2.24, 2.45) is 0 Å². The molecule has 74 valence electrons. The lowest BCUT2D eigenvalue weighted by Crippen LogP contribution is -2.21. The molecule has 0 unspecified atom stereocenters. The van der Waals surface area contributed by atoms with Crippen LogP contribution in [0.25, 0.3) is 0 Å². The van der Waals surface area contributed by atoms with Gasteiger partial charge in [-0.1, -0.05) is 6.07 Å². The van der Waals surface area contributed by atoms with Crippen LogP contribution in [0.2, 0.25) is 0 Å². The van der Waals surface area contributed by atoms with Gasteiger partial charge in [0.15, 0.2) is 0 Å². The van der Waals surface area contributed by atoms with Crippen molar-refractivity contribution in [1.82, 2.24) is 4.98 Å². The van der Waals surface area contributed by atoms with Crippen molar-refractivity contribution >= 4 is 5.97 Å². The third kappa shape index (κ3) is 1.18. The van der Waals surface area contributed by atoms with Gasteiger partial charge in [0, 0.05) is 6.20 Å². The predicted molar refractivity (Wildman–Crippen MR) is 47.6 cm³/mol. The molecule has 14 heavy (non-hydrogen) atoms. The molecule has 1 aliphatic carbocycles. The van der Waals surface area contributed by atoms with E-state index in [4.69, 9.17) is 5.11 Å². The first-order valence-corrected chi connectivity index (χ1v) is 4.44. The summed E-state index contributed by atoms with van der Waals surface area (Å²) in [5.41, 5.74) is -0.0576. The van der Waals surface area contributed by atoms with E-state index in [2.05, 4.69) is 4.98 Å². The highest BCUT2D eigenvalue weighted by atomic mass is 19.1. The molecule has 1 N–H and O–H groups in total. The van der Waals surface area contributed by atoms with Crippen molar-refractivity contribution in [2.45, 2.75) is 24.9 Å². The van der Waals surface area contributed by atoms with Crippen LogP contribution in [-0.2, 0) is 16.9 Å². The zero-order chi connectivity index (χ0) is 10.2. The van der Waals surface area contributed by atoms with E-state index in [9.17, 15) is 9.18 Å². The van der Waals surface area contributed by atoms with Gasteiger partial charge in [-0.15, -0.1) is 0 Å². The molecule has 1 fully saturated rings. The van der Waals surface area contributed by atoms with Crippen molar-refractivity contribution < 1.29 is 14.3 Å². The topological polar surface area (TPSA) is 50.2 Å². The summed E-state index contributed by atoms with van der Waals surface area (Å²) in [6.45, 7) is -0.703. The summed E-state index contributed by atoms with van der Waals surface area (Å²) in [4.78, 5) is 14.8. The smallest absolute Gasteiger partial charge is 0.314 e. The summed E-state index contributed by atoms with van der Waals surface area (Å²) in [5, 5.41) is 9.03. The first kappa shape index (κ1) is 9.12. The molecule has 1 heterocycles. The van der Waals surface area contributed by atoms with Crippen molar-refractivity contribution in [3.8, 4) is 0 Å². The highest BCUT2D eigenvalue weighted by Crippen LogP contribution is 2.49. The number of alkyl halides is 1. The Morgan fingerprint density at radius 1 is 1.64 bits per heavy atom. The van der Waals surface area contributed by atoms with Gasteiger partial charge in [0.1, 0.15) is 6.67 Å². The Balaban J connectivity index is 2.46. The number of carbonyl (C=O) groups is 1. The van der Waals surface area contributed by atoms with E-state index in [1.807, 2.05) is 0 Å². The lowest BCUT2D eigenvalue weighted by atomic mass is 9.95. The van der Waals surface area contributed by atoms with Crippen LogP contribution in [0.3, 0.4) is 0 Å². The van der Waals surface area contributed by atoms with Gasteiger partial charge < -0.3 is 5.11 Å². The lowest BCUT2D eigenvalue weighted by molar-refractivity contribution is -0.140. The number of aromatic nitrogens is 1. The Labute approximate surface area is 80.6 Å². The summed E-state index contributed by atoms with van der Waals surface area (Å²) in [6, 6.07) is 3.31. The van der Waals surface area contributed by atoms with E-state index in [0.717, 1.165) is 0 Å². The molecule has 1 saturated carbocycles. The molecule has 0 radical (unpaired) electrons. The van der Waals surface area contributed by atoms with Crippen LogP contribution in [0.4, 0.5) is 4.39 Å². The third-order valence-corrected chi connectivity index (χ3v) is 2.69. The summed E-state index contributed by atoms with van der Waals surface area (Å²) in [7, 11) is 0. The highest BCUT2D eigenvalue weighted by molar-refractivity contribution is 5.85. The largest absolute Gasteiger partial charge is 0.481 e. The molecule has 0 saturated heterocycles. The van der Waals surface area contributed by atoms with Crippen LogP contribution in [0.1, 0.15) is 24.1 Å². The van der Waals surface area contributed by atoms with Crippen molar-refractivity contribution in [2.75, 3.05) is 0 Å². The molecule has 0 aromatic carbocycles. The molecule has 0 amide bonds. The molecule has 0 bridgehead atoms. The number of halogens is 1. The first-order chi connectivity index (χ1) is 6.70. The first-order valence-electron chi connectivity index (χ1n) is 4.44. The molecule has 0 atom stereocenters. The molecular weight excluding hydrogens is 185 g/mol. The zero-order valence-corrected chi connectivity index (χ0v) is 7.53. The van der Waals surface area contributed by atoms with Gasteiger partial charge >= 0.3 is 5.97 Å². The van der Waals surface area contributed by atoms with E-state index in [0.29, 0.717) is 18.4 Å². The van der Waals surface area contributed by atoms with Crippen LogP contribution >= 0.6 is 0 Å². The standard InChI is InChI=1S/C10H10FNO2/c11-6-8-7(2-1-5-12-8)10(3-4-10)9(13)14/h1-2,5H,3-4,6H2,(H,13,14). The lowest BCUT2D eigenvalue weighted by Gasteiger charge is -2.12. The SMILES string of the molecule is O=C(O)C1(c2cccnc2CF)CC1. The van der Waals surface area contributed by atoms with Crippen LogP contribution in [0.5, 0.6) is 0 Å². The molecule has 0 spiro atoms. The predicted octanol–water partition coefficient (Wildman–Crippen LogP) is 1.67. The average molecular weight is 195 g/mol. The third-order valence-electron chi connectivity index (χ3n) is 2.69. The fraction of sp³-hybridized carbons (Fsp3) is 0.400. The van der Waals surface area contributed by atoms with E-state index >= 15 is 0 Å². The minimum absolute atomic E-state index is 0.257. The number of carboxylic acid groups (broad SMARTS) is 1. The summed E-state index contributed by atoms with van der Waals surface area (Å²) in [5.74, 6) is -0.875. The van der Waals surface area contributed by atoms with Gasteiger partial charge in [-0.2, -0.15) is 0 Å². The van der Waals surface area contributed by atoms with Gasteiger partial charge in [-0.05, 0) is 24.5 Å². The van der Waals surface area contributed by atoms with Gasteiger partial charge in [-0.25, -0.2) is 4.39 Å². The zero-order valence-electron chi connectivity index (χ0n) is 7.53. The van der Waals surface area contributed by atoms with E-state index < -0.39 is 18.1 Å². The number of rotatable bonds is 3. The summed E-state index contributed by atoms with van der Waals surface area (Å²) >= 11 is 0. The summed E-state index contributed by atoms with van der Waals surface area (Å²) < 4.78 is 12.6. The normalized spacial score (nSPS) is 17.8. The second kappa shape index (κ2) is 3.04. The van der Waals surface area contributed by atoms with Crippen molar-refractivity contribution in [3.05, 3.63) is 29.6 Å². The molecule has 2 rings (SSSR count). The van der Waals surface area contributed by atoms with Crippen LogP contribution in [0.15, 0.2) is 18.3 Å². The van der Waals surface area contributed by atoms with Crippen LogP contribution in [-0.4, -0.2) is 16.1 Å². The molecular formula is C10H10FNO2. The van der Waals surface area contributed by atoms with Gasteiger partial charge in [0.05, 0.1) is 11.1 Å². The molecule has 1 aromatic heterocycles. The molecule has 3 nitrogen and oxygen atoms in total. The highest BCUT2D eigenvalue weighted by Gasteiger charge is 2.53. The molecule has 1 aromatic rings. The fourth-order valence-corrected chi connectivity index (χ4v) is 1.70.